The summed E-state index contributed by atoms with van der Waals surface area (Å²) in [5, 5.41) is 12.2. The van der Waals surface area contributed by atoms with Crippen molar-refractivity contribution in [3.05, 3.63) is 23.8 Å². The van der Waals surface area contributed by atoms with Gasteiger partial charge in [-0.15, -0.1) is 0 Å². The quantitative estimate of drug-likeness (QED) is 0.562. The molecule has 1 atom stereocenters. The Morgan fingerprint density at radius 2 is 2.38 bits per heavy atom. The van der Waals surface area contributed by atoms with Crippen molar-refractivity contribution in [1.29, 1.82) is 0 Å². The molecular weight excluding hydrogens is 164 g/mol. The molecule has 1 heterocycles. The molecule has 0 aromatic heterocycles. The number of hydrogen-bond donors (Lipinski definition) is 3. The molecule has 13 heavy (non-hydrogen) atoms. The standard InChI is InChI=1S/C10H14N2O/c11-9-3-1-2-7-4-5-8(6-13)12-10(7)9/h1-3,8,12-13H,4-6,11H2/t8-/m1/s1. The minimum absolute atomic E-state index is 0.164. The lowest BCUT2D eigenvalue weighted by molar-refractivity contribution is 0.267. The molecule has 1 aliphatic heterocycles. The Kier molecular flexibility index (Phi) is 2.10. The molecule has 0 amide bonds. The van der Waals surface area contributed by atoms with Crippen LogP contribution in [-0.2, 0) is 6.42 Å². The van der Waals surface area contributed by atoms with E-state index in [0.29, 0.717) is 0 Å². The largest absolute Gasteiger partial charge is 0.397 e. The number of fused-ring (bicyclic) bond motifs is 1. The topological polar surface area (TPSA) is 58.3 Å². The first-order valence-corrected chi connectivity index (χ1v) is 4.56. The fourth-order valence-corrected chi connectivity index (χ4v) is 1.75. The molecule has 0 saturated heterocycles. The van der Waals surface area contributed by atoms with Crippen LogP contribution in [0.3, 0.4) is 0 Å². The number of anilines is 2. The van der Waals surface area contributed by atoms with Gasteiger partial charge in [0, 0.05) is 6.04 Å². The van der Waals surface area contributed by atoms with E-state index in [9.17, 15) is 0 Å². The van der Waals surface area contributed by atoms with Crippen molar-refractivity contribution < 1.29 is 5.11 Å². The van der Waals surface area contributed by atoms with E-state index in [1.807, 2.05) is 12.1 Å². The van der Waals surface area contributed by atoms with Crippen LogP contribution in [0.15, 0.2) is 18.2 Å². The maximum atomic E-state index is 9.00. The molecular formula is C10H14N2O. The van der Waals surface area contributed by atoms with Crippen molar-refractivity contribution in [3.63, 3.8) is 0 Å². The van der Waals surface area contributed by atoms with E-state index in [-0.39, 0.29) is 12.6 Å². The first-order valence-electron chi connectivity index (χ1n) is 4.56. The summed E-state index contributed by atoms with van der Waals surface area (Å²) >= 11 is 0. The number of aliphatic hydroxyl groups excluding tert-OH is 1. The van der Waals surface area contributed by atoms with Crippen LogP contribution in [0.25, 0.3) is 0 Å². The summed E-state index contributed by atoms with van der Waals surface area (Å²) < 4.78 is 0. The van der Waals surface area contributed by atoms with Gasteiger partial charge in [0.1, 0.15) is 0 Å². The Labute approximate surface area is 77.6 Å². The lowest BCUT2D eigenvalue weighted by Crippen LogP contribution is -2.29. The second-order valence-electron chi connectivity index (χ2n) is 3.44. The molecule has 0 unspecified atom stereocenters. The second-order valence-corrected chi connectivity index (χ2v) is 3.44. The van der Waals surface area contributed by atoms with Gasteiger partial charge in [-0.1, -0.05) is 12.1 Å². The van der Waals surface area contributed by atoms with Crippen LogP contribution in [0.4, 0.5) is 11.4 Å². The van der Waals surface area contributed by atoms with Gasteiger partial charge >= 0.3 is 0 Å². The molecule has 0 aliphatic carbocycles. The van der Waals surface area contributed by atoms with Crippen LogP contribution < -0.4 is 11.1 Å². The third-order valence-corrected chi connectivity index (χ3v) is 2.51. The molecule has 0 radical (unpaired) electrons. The Balaban J connectivity index is 2.32. The number of nitrogens with one attached hydrogen (secondary N) is 1. The van der Waals surface area contributed by atoms with Crippen LogP contribution in [0, 0.1) is 0 Å². The third kappa shape index (κ3) is 1.47. The average molecular weight is 178 g/mol. The molecule has 2 rings (SSSR count). The Hall–Kier alpha value is -1.22. The fraction of sp³-hybridized carbons (Fsp3) is 0.400. The minimum Gasteiger partial charge on any atom is -0.397 e. The molecule has 1 aliphatic rings. The van der Waals surface area contributed by atoms with E-state index in [2.05, 4.69) is 11.4 Å². The van der Waals surface area contributed by atoms with Crippen molar-refractivity contribution >= 4 is 11.4 Å². The van der Waals surface area contributed by atoms with Crippen LogP contribution >= 0.6 is 0 Å². The Morgan fingerprint density at radius 3 is 3.15 bits per heavy atom. The number of rotatable bonds is 1. The molecule has 3 heteroatoms. The van der Waals surface area contributed by atoms with Gasteiger partial charge in [-0.05, 0) is 24.5 Å². The highest BCUT2D eigenvalue weighted by Gasteiger charge is 2.17. The van der Waals surface area contributed by atoms with Gasteiger partial charge < -0.3 is 16.2 Å². The summed E-state index contributed by atoms with van der Waals surface area (Å²) in [4.78, 5) is 0. The van der Waals surface area contributed by atoms with Gasteiger partial charge in [0.25, 0.3) is 0 Å². The van der Waals surface area contributed by atoms with E-state index in [1.165, 1.54) is 5.56 Å². The smallest absolute Gasteiger partial charge is 0.0632 e. The zero-order valence-electron chi connectivity index (χ0n) is 7.46. The number of nitrogen functional groups attached to an aromatic ring is 1. The molecule has 0 spiro atoms. The van der Waals surface area contributed by atoms with Crippen molar-refractivity contribution in [2.75, 3.05) is 17.7 Å². The number of para-hydroxylation sites is 1. The highest BCUT2D eigenvalue weighted by Crippen LogP contribution is 2.29. The van der Waals surface area contributed by atoms with Crippen LogP contribution in [0.2, 0.25) is 0 Å². The van der Waals surface area contributed by atoms with Crippen molar-refractivity contribution in [1.82, 2.24) is 0 Å². The highest BCUT2D eigenvalue weighted by molar-refractivity contribution is 5.71. The average Bonchev–Trinajstić information content (AvgIpc) is 2.18. The summed E-state index contributed by atoms with van der Waals surface area (Å²) in [7, 11) is 0. The van der Waals surface area contributed by atoms with Gasteiger partial charge in [-0.25, -0.2) is 0 Å². The molecule has 0 fully saturated rings. The molecule has 70 valence electrons. The summed E-state index contributed by atoms with van der Waals surface area (Å²) in [6.07, 6.45) is 1.98. The maximum absolute atomic E-state index is 9.00. The Morgan fingerprint density at radius 1 is 1.54 bits per heavy atom. The van der Waals surface area contributed by atoms with Gasteiger partial charge in [-0.2, -0.15) is 0 Å². The fourth-order valence-electron chi connectivity index (χ4n) is 1.75. The first kappa shape index (κ1) is 8.38. The summed E-state index contributed by atoms with van der Waals surface area (Å²) in [6.45, 7) is 0.174. The van der Waals surface area contributed by atoms with Crippen LogP contribution in [0.1, 0.15) is 12.0 Å². The third-order valence-electron chi connectivity index (χ3n) is 2.51. The maximum Gasteiger partial charge on any atom is 0.0632 e. The minimum atomic E-state index is 0.164. The number of aliphatic hydroxyl groups is 1. The summed E-state index contributed by atoms with van der Waals surface area (Å²) in [5.41, 5.74) is 8.85. The lowest BCUT2D eigenvalue weighted by atomic mass is 9.98. The zero-order valence-corrected chi connectivity index (χ0v) is 7.46. The molecule has 1 aromatic rings. The number of aryl methyl sites for hydroxylation is 1. The van der Waals surface area contributed by atoms with Gasteiger partial charge in [-0.3, -0.25) is 0 Å². The predicted molar refractivity (Wildman–Crippen MR) is 53.7 cm³/mol. The molecule has 0 bridgehead atoms. The van der Waals surface area contributed by atoms with Gasteiger partial charge in [0.15, 0.2) is 0 Å². The molecule has 3 nitrogen and oxygen atoms in total. The highest BCUT2D eigenvalue weighted by atomic mass is 16.3. The summed E-state index contributed by atoms with van der Waals surface area (Å²) in [5.74, 6) is 0. The van der Waals surface area contributed by atoms with Crippen LogP contribution in [0.5, 0.6) is 0 Å². The normalized spacial score (nSPS) is 20.5. The van der Waals surface area contributed by atoms with Crippen LogP contribution in [-0.4, -0.2) is 17.8 Å². The van der Waals surface area contributed by atoms with Gasteiger partial charge in [0.05, 0.1) is 18.0 Å². The number of hydrogen-bond acceptors (Lipinski definition) is 3. The molecule has 1 aromatic carbocycles. The monoisotopic (exact) mass is 178 g/mol. The predicted octanol–water partition coefficient (Wildman–Crippen LogP) is 0.988. The zero-order chi connectivity index (χ0) is 9.26. The SMILES string of the molecule is Nc1cccc2c1N[C@@H](CO)CC2. The van der Waals surface area contributed by atoms with E-state index in [4.69, 9.17) is 10.8 Å². The lowest BCUT2D eigenvalue weighted by Gasteiger charge is -2.26. The van der Waals surface area contributed by atoms with E-state index in [1.54, 1.807) is 0 Å². The van der Waals surface area contributed by atoms with Crippen molar-refractivity contribution in [2.45, 2.75) is 18.9 Å². The Bertz CT molecular complexity index is 312. The number of nitrogens with two attached hydrogens (primary N) is 1. The summed E-state index contributed by atoms with van der Waals surface area (Å²) in [6, 6.07) is 6.09. The van der Waals surface area contributed by atoms with Crippen molar-refractivity contribution in [3.8, 4) is 0 Å². The second kappa shape index (κ2) is 3.26. The van der Waals surface area contributed by atoms with Crippen molar-refractivity contribution in [2.24, 2.45) is 0 Å². The van der Waals surface area contributed by atoms with E-state index < -0.39 is 0 Å². The molecule has 0 saturated carbocycles. The molecule has 4 N–H and O–H groups in total. The number of benzene rings is 1. The van der Waals surface area contributed by atoms with Gasteiger partial charge in [0.2, 0.25) is 0 Å². The first-order chi connectivity index (χ1) is 6.31. The van der Waals surface area contributed by atoms with E-state index >= 15 is 0 Å². The van der Waals surface area contributed by atoms with E-state index in [0.717, 1.165) is 24.2 Å².